The number of ether oxygens (including phenoxy) is 2. The van der Waals surface area contributed by atoms with Gasteiger partial charge >= 0.3 is 0 Å². The molecule has 0 spiro atoms. The maximum atomic E-state index is 12.9. The molecule has 35 heavy (non-hydrogen) atoms. The first-order valence-corrected chi connectivity index (χ1v) is 12.2. The molecular formula is C25H18Cl2N2O4S2. The molecule has 0 bridgehead atoms. The standard InChI is InChI=1S/C25H18Cl2N2O4S2/c1-32-18-9-5-17(6-10-18)29-24(31)22(35-25(29)34)12-15-2-7-19(8-3-15)33-14-23(30)28-16-4-11-20(26)21(27)13-16/h2-13H,14H2,1H3,(H,28,30)/b22-12-. The van der Waals surface area contributed by atoms with Crippen LogP contribution >= 0.6 is 47.2 Å². The van der Waals surface area contributed by atoms with Crippen molar-refractivity contribution in [3.8, 4) is 11.5 Å². The maximum absolute atomic E-state index is 12.9. The molecule has 3 aromatic carbocycles. The van der Waals surface area contributed by atoms with Gasteiger partial charge < -0.3 is 14.8 Å². The lowest BCUT2D eigenvalue weighted by molar-refractivity contribution is -0.118. The Bertz CT molecular complexity index is 1310. The fraction of sp³-hybridized carbons (Fsp3) is 0.0800. The lowest BCUT2D eigenvalue weighted by Crippen LogP contribution is -2.27. The SMILES string of the molecule is COc1ccc(N2C(=O)/C(=C/c3ccc(OCC(=O)Nc4ccc(Cl)c(Cl)c4)cc3)SC2=S)cc1. The van der Waals surface area contributed by atoms with Crippen LogP contribution in [-0.4, -0.2) is 29.9 Å². The van der Waals surface area contributed by atoms with Gasteiger partial charge in [0.2, 0.25) is 0 Å². The van der Waals surface area contributed by atoms with E-state index in [0.717, 1.165) is 5.56 Å². The lowest BCUT2D eigenvalue weighted by atomic mass is 10.2. The molecule has 0 unspecified atom stereocenters. The van der Waals surface area contributed by atoms with Gasteiger partial charge in [-0.25, -0.2) is 0 Å². The number of thioether (sulfide) groups is 1. The Morgan fingerprint density at radius 3 is 2.37 bits per heavy atom. The second-order valence-electron chi connectivity index (χ2n) is 7.25. The Morgan fingerprint density at radius 1 is 1.03 bits per heavy atom. The summed E-state index contributed by atoms with van der Waals surface area (Å²) in [6.45, 7) is -0.180. The number of carbonyl (C=O) groups is 2. The first kappa shape index (κ1) is 25.1. The van der Waals surface area contributed by atoms with Gasteiger partial charge in [-0.3, -0.25) is 14.5 Å². The van der Waals surface area contributed by atoms with Crippen molar-refractivity contribution >= 4 is 80.8 Å². The van der Waals surface area contributed by atoms with E-state index in [1.54, 1.807) is 79.9 Å². The third-order valence-corrected chi connectivity index (χ3v) is 6.92. The molecule has 1 saturated heterocycles. The summed E-state index contributed by atoms with van der Waals surface area (Å²) in [6, 6.07) is 19.0. The summed E-state index contributed by atoms with van der Waals surface area (Å²) >= 11 is 18.5. The van der Waals surface area contributed by atoms with E-state index in [1.165, 1.54) is 16.7 Å². The Labute approximate surface area is 221 Å². The fourth-order valence-corrected chi connectivity index (χ4v) is 4.75. The molecule has 0 aliphatic carbocycles. The van der Waals surface area contributed by atoms with Crippen LogP contribution in [0.2, 0.25) is 10.0 Å². The number of nitrogens with one attached hydrogen (secondary N) is 1. The number of amides is 2. The molecule has 1 fully saturated rings. The van der Waals surface area contributed by atoms with Gasteiger partial charge in [0.05, 0.1) is 27.7 Å². The molecule has 3 aromatic rings. The summed E-state index contributed by atoms with van der Waals surface area (Å²) < 4.78 is 11.2. The van der Waals surface area contributed by atoms with Gasteiger partial charge in [0.25, 0.3) is 11.8 Å². The minimum atomic E-state index is -0.338. The highest BCUT2D eigenvalue weighted by Gasteiger charge is 2.33. The van der Waals surface area contributed by atoms with Crippen molar-refractivity contribution in [2.45, 2.75) is 0 Å². The van der Waals surface area contributed by atoms with Crippen LogP contribution in [0.5, 0.6) is 11.5 Å². The smallest absolute Gasteiger partial charge is 0.270 e. The zero-order chi connectivity index (χ0) is 24.9. The van der Waals surface area contributed by atoms with E-state index in [4.69, 9.17) is 44.9 Å². The van der Waals surface area contributed by atoms with Crippen LogP contribution in [0.1, 0.15) is 5.56 Å². The van der Waals surface area contributed by atoms with Crippen LogP contribution in [0.15, 0.2) is 71.6 Å². The average molecular weight is 545 g/mol. The lowest BCUT2D eigenvalue weighted by Gasteiger charge is -2.14. The molecule has 0 atom stereocenters. The van der Waals surface area contributed by atoms with Crippen LogP contribution in [-0.2, 0) is 9.59 Å². The Kier molecular flexibility index (Phi) is 7.97. The number of carbonyl (C=O) groups excluding carboxylic acids is 2. The van der Waals surface area contributed by atoms with E-state index >= 15 is 0 Å². The van der Waals surface area contributed by atoms with Crippen molar-refractivity contribution in [2.75, 3.05) is 23.9 Å². The highest BCUT2D eigenvalue weighted by molar-refractivity contribution is 8.27. The largest absolute Gasteiger partial charge is 0.497 e. The second-order valence-corrected chi connectivity index (χ2v) is 9.74. The molecule has 0 saturated carbocycles. The molecule has 4 rings (SSSR count). The van der Waals surface area contributed by atoms with Crippen molar-refractivity contribution in [1.82, 2.24) is 0 Å². The fourth-order valence-electron chi connectivity index (χ4n) is 3.15. The number of hydrogen-bond donors (Lipinski definition) is 1. The van der Waals surface area contributed by atoms with E-state index in [1.807, 2.05) is 0 Å². The number of anilines is 2. The molecule has 1 heterocycles. The molecule has 178 valence electrons. The number of benzene rings is 3. The predicted molar refractivity (Wildman–Crippen MR) is 146 cm³/mol. The molecule has 1 N–H and O–H groups in total. The summed E-state index contributed by atoms with van der Waals surface area (Å²) in [6.07, 6.45) is 1.77. The number of rotatable bonds is 7. The molecular weight excluding hydrogens is 527 g/mol. The molecule has 0 radical (unpaired) electrons. The Hall–Kier alpha value is -3.04. The van der Waals surface area contributed by atoms with Crippen LogP contribution in [0.4, 0.5) is 11.4 Å². The van der Waals surface area contributed by atoms with Crippen molar-refractivity contribution in [3.05, 3.63) is 87.2 Å². The van der Waals surface area contributed by atoms with Crippen LogP contribution in [0, 0.1) is 0 Å². The minimum Gasteiger partial charge on any atom is -0.497 e. The molecule has 2 amide bonds. The van der Waals surface area contributed by atoms with Gasteiger partial charge in [-0.1, -0.05) is 59.3 Å². The Morgan fingerprint density at radius 2 is 1.71 bits per heavy atom. The van der Waals surface area contributed by atoms with Gasteiger partial charge in [-0.05, 0) is 66.2 Å². The third kappa shape index (κ3) is 6.15. The first-order chi connectivity index (χ1) is 16.8. The van der Waals surface area contributed by atoms with Gasteiger partial charge in [0.15, 0.2) is 10.9 Å². The number of thiocarbonyl (C=S) groups is 1. The van der Waals surface area contributed by atoms with E-state index in [9.17, 15) is 9.59 Å². The van der Waals surface area contributed by atoms with Gasteiger partial charge in [-0.15, -0.1) is 0 Å². The molecule has 1 aliphatic rings. The third-order valence-electron chi connectivity index (χ3n) is 4.88. The number of nitrogens with zero attached hydrogens (tertiary/aromatic N) is 1. The van der Waals surface area contributed by atoms with Crippen LogP contribution < -0.4 is 19.7 Å². The summed E-state index contributed by atoms with van der Waals surface area (Å²) in [5.74, 6) is 0.681. The molecule has 6 nitrogen and oxygen atoms in total. The van der Waals surface area contributed by atoms with E-state index in [2.05, 4.69) is 5.32 Å². The topological polar surface area (TPSA) is 67.9 Å². The normalized spacial score (nSPS) is 14.4. The summed E-state index contributed by atoms with van der Waals surface area (Å²) in [5.41, 5.74) is 2.00. The number of methoxy groups -OCH3 is 1. The zero-order valence-electron chi connectivity index (χ0n) is 18.3. The molecule has 1 aliphatic heterocycles. The van der Waals surface area contributed by atoms with Crippen LogP contribution in [0.3, 0.4) is 0 Å². The first-order valence-electron chi connectivity index (χ1n) is 10.2. The van der Waals surface area contributed by atoms with E-state index in [-0.39, 0.29) is 18.4 Å². The van der Waals surface area contributed by atoms with Crippen LogP contribution in [0.25, 0.3) is 6.08 Å². The van der Waals surface area contributed by atoms with Gasteiger partial charge in [0, 0.05) is 5.69 Å². The highest BCUT2D eigenvalue weighted by Crippen LogP contribution is 2.36. The molecule has 0 aromatic heterocycles. The highest BCUT2D eigenvalue weighted by atomic mass is 35.5. The number of halogens is 2. The van der Waals surface area contributed by atoms with Crippen molar-refractivity contribution in [3.63, 3.8) is 0 Å². The van der Waals surface area contributed by atoms with Crippen molar-refractivity contribution < 1.29 is 19.1 Å². The quantitative estimate of drug-likeness (QED) is 0.273. The minimum absolute atomic E-state index is 0.180. The maximum Gasteiger partial charge on any atom is 0.270 e. The van der Waals surface area contributed by atoms with Crippen molar-refractivity contribution in [1.29, 1.82) is 0 Å². The van der Waals surface area contributed by atoms with E-state index < -0.39 is 0 Å². The van der Waals surface area contributed by atoms with Gasteiger partial charge in [0.1, 0.15) is 11.5 Å². The summed E-state index contributed by atoms with van der Waals surface area (Å²) in [5, 5.41) is 3.45. The Balaban J connectivity index is 1.36. The van der Waals surface area contributed by atoms with E-state index in [0.29, 0.717) is 42.1 Å². The summed E-state index contributed by atoms with van der Waals surface area (Å²) in [4.78, 5) is 27.1. The summed E-state index contributed by atoms with van der Waals surface area (Å²) in [7, 11) is 1.58. The van der Waals surface area contributed by atoms with Crippen molar-refractivity contribution in [2.24, 2.45) is 0 Å². The van der Waals surface area contributed by atoms with Gasteiger partial charge in [-0.2, -0.15) is 0 Å². The zero-order valence-corrected chi connectivity index (χ0v) is 21.4. The number of hydrogen-bond acceptors (Lipinski definition) is 6. The predicted octanol–water partition coefficient (Wildman–Crippen LogP) is 6.43. The average Bonchev–Trinajstić information content (AvgIpc) is 3.13. The monoisotopic (exact) mass is 544 g/mol. The second kappa shape index (κ2) is 11.1. The molecule has 10 heteroatoms.